The van der Waals surface area contributed by atoms with Gasteiger partial charge in [0.1, 0.15) is 0 Å². The predicted molar refractivity (Wildman–Crippen MR) is 73.4 cm³/mol. The highest BCUT2D eigenvalue weighted by molar-refractivity contribution is 5.93. The van der Waals surface area contributed by atoms with Crippen LogP contribution in [0.25, 0.3) is 0 Å². The van der Waals surface area contributed by atoms with Gasteiger partial charge in [0.2, 0.25) is 5.95 Å². The van der Waals surface area contributed by atoms with Gasteiger partial charge in [-0.25, -0.2) is 9.97 Å². The molecular formula is C14H18N4O. The van der Waals surface area contributed by atoms with Crippen LogP contribution in [0.5, 0.6) is 0 Å². The van der Waals surface area contributed by atoms with Crippen LogP contribution in [-0.2, 0) is 4.79 Å². The minimum Gasteiger partial charge on any atom is -0.345 e. The Morgan fingerprint density at radius 1 is 1.53 bits per heavy atom. The topological polar surface area (TPSA) is 58.1 Å². The Balaban J connectivity index is 1.87. The maximum atomic E-state index is 11.3. The Morgan fingerprint density at radius 3 is 3.05 bits per heavy atom. The first-order valence-corrected chi connectivity index (χ1v) is 6.52. The summed E-state index contributed by atoms with van der Waals surface area (Å²) >= 11 is 0. The zero-order chi connectivity index (χ0) is 13.5. The third kappa shape index (κ3) is 3.95. The number of amides is 1. The van der Waals surface area contributed by atoms with Crippen LogP contribution in [0, 0.1) is 17.8 Å². The molecule has 0 aromatic carbocycles. The predicted octanol–water partition coefficient (Wildman–Crippen LogP) is 0.832. The molecule has 0 radical (unpaired) electrons. The second-order valence-electron chi connectivity index (χ2n) is 4.59. The summed E-state index contributed by atoms with van der Waals surface area (Å²) < 4.78 is 0. The fourth-order valence-corrected chi connectivity index (χ4v) is 2.26. The molecule has 1 fully saturated rings. The molecule has 100 valence electrons. The van der Waals surface area contributed by atoms with E-state index in [1.807, 2.05) is 6.07 Å². The molecule has 0 aliphatic carbocycles. The van der Waals surface area contributed by atoms with E-state index in [0.29, 0.717) is 12.5 Å². The molecule has 5 heteroatoms. The van der Waals surface area contributed by atoms with E-state index < -0.39 is 0 Å². The van der Waals surface area contributed by atoms with Gasteiger partial charge in [0.05, 0.1) is 0 Å². The maximum absolute atomic E-state index is 11.3. The Morgan fingerprint density at radius 2 is 2.32 bits per heavy atom. The number of hydrogen-bond acceptors (Lipinski definition) is 4. The van der Waals surface area contributed by atoms with Crippen molar-refractivity contribution in [1.82, 2.24) is 15.3 Å². The molecular weight excluding hydrogens is 240 g/mol. The quantitative estimate of drug-likeness (QED) is 0.816. The average molecular weight is 258 g/mol. The molecule has 1 amide bonds. The summed E-state index contributed by atoms with van der Waals surface area (Å²) in [7, 11) is 0. The first-order chi connectivity index (χ1) is 9.29. The minimum absolute atomic E-state index is 0.199. The summed E-state index contributed by atoms with van der Waals surface area (Å²) in [6, 6.07) is 1.81. The highest BCUT2D eigenvalue weighted by Gasteiger charge is 2.21. The number of hydrogen-bond donors (Lipinski definition) is 1. The third-order valence-electron chi connectivity index (χ3n) is 3.14. The Labute approximate surface area is 113 Å². The van der Waals surface area contributed by atoms with Crippen molar-refractivity contribution in [3.05, 3.63) is 18.5 Å². The first-order valence-electron chi connectivity index (χ1n) is 6.52. The summed E-state index contributed by atoms with van der Waals surface area (Å²) in [5, 5.41) is 2.85. The molecule has 0 bridgehead atoms. The van der Waals surface area contributed by atoms with Crippen LogP contribution < -0.4 is 10.2 Å². The van der Waals surface area contributed by atoms with Gasteiger partial charge in [0.25, 0.3) is 5.91 Å². The smallest absolute Gasteiger partial charge is 0.295 e. The average Bonchev–Trinajstić information content (AvgIpc) is 2.47. The van der Waals surface area contributed by atoms with E-state index in [9.17, 15) is 4.79 Å². The zero-order valence-electron chi connectivity index (χ0n) is 11.1. The molecule has 2 heterocycles. The van der Waals surface area contributed by atoms with Crippen molar-refractivity contribution in [2.45, 2.75) is 19.8 Å². The van der Waals surface area contributed by atoms with Gasteiger partial charge in [-0.2, -0.15) is 0 Å². The van der Waals surface area contributed by atoms with Gasteiger partial charge < -0.3 is 10.2 Å². The monoisotopic (exact) mass is 258 g/mol. The van der Waals surface area contributed by atoms with E-state index in [-0.39, 0.29) is 5.91 Å². The number of carbonyl (C=O) groups excluding carboxylic acids is 1. The van der Waals surface area contributed by atoms with E-state index in [4.69, 9.17) is 0 Å². The number of anilines is 1. The number of nitrogens with zero attached hydrogens (tertiary/aromatic N) is 3. The number of rotatable bonds is 3. The lowest BCUT2D eigenvalue weighted by atomic mass is 9.98. The molecule has 1 unspecified atom stereocenters. The van der Waals surface area contributed by atoms with Gasteiger partial charge in [-0.1, -0.05) is 5.92 Å². The molecule has 5 nitrogen and oxygen atoms in total. The number of nitrogens with one attached hydrogen (secondary N) is 1. The molecule has 2 rings (SSSR count). The van der Waals surface area contributed by atoms with E-state index in [0.717, 1.165) is 31.9 Å². The Bertz CT molecular complexity index is 477. The van der Waals surface area contributed by atoms with Gasteiger partial charge in [0, 0.05) is 32.0 Å². The second-order valence-corrected chi connectivity index (χ2v) is 4.59. The Kier molecular flexibility index (Phi) is 4.73. The summed E-state index contributed by atoms with van der Waals surface area (Å²) in [5.74, 6) is 6.09. The minimum atomic E-state index is -0.199. The highest BCUT2D eigenvalue weighted by Crippen LogP contribution is 2.19. The molecule has 1 aliphatic rings. The van der Waals surface area contributed by atoms with Crippen LogP contribution >= 0.6 is 0 Å². The van der Waals surface area contributed by atoms with Crippen LogP contribution in [-0.4, -0.2) is 35.5 Å². The van der Waals surface area contributed by atoms with Gasteiger partial charge >= 0.3 is 0 Å². The lowest BCUT2D eigenvalue weighted by Crippen LogP contribution is -2.41. The normalized spacial score (nSPS) is 18.4. The molecule has 0 saturated carbocycles. The van der Waals surface area contributed by atoms with Crippen LogP contribution in [0.3, 0.4) is 0 Å². The van der Waals surface area contributed by atoms with E-state index >= 15 is 0 Å². The number of carbonyl (C=O) groups is 1. The number of aromatic nitrogens is 2. The van der Waals surface area contributed by atoms with Gasteiger partial charge in [-0.05, 0) is 37.7 Å². The van der Waals surface area contributed by atoms with Crippen LogP contribution in [0.1, 0.15) is 19.8 Å². The van der Waals surface area contributed by atoms with Crippen LogP contribution in [0.15, 0.2) is 18.5 Å². The van der Waals surface area contributed by atoms with Crippen LogP contribution in [0.2, 0.25) is 0 Å². The second kappa shape index (κ2) is 6.74. The van der Waals surface area contributed by atoms with Crippen molar-refractivity contribution < 1.29 is 4.79 Å². The molecule has 0 spiro atoms. The molecule has 1 aromatic rings. The summed E-state index contributed by atoms with van der Waals surface area (Å²) in [6.07, 6.45) is 5.72. The third-order valence-corrected chi connectivity index (χ3v) is 3.14. The first kappa shape index (κ1) is 13.3. The van der Waals surface area contributed by atoms with Crippen molar-refractivity contribution in [1.29, 1.82) is 0 Å². The van der Waals surface area contributed by atoms with Crippen LogP contribution in [0.4, 0.5) is 5.95 Å². The number of piperidine rings is 1. The Hall–Kier alpha value is -2.09. The molecule has 1 atom stereocenters. The van der Waals surface area contributed by atoms with E-state index in [1.165, 1.54) is 0 Å². The largest absolute Gasteiger partial charge is 0.345 e. The molecule has 19 heavy (non-hydrogen) atoms. The summed E-state index contributed by atoms with van der Waals surface area (Å²) in [4.78, 5) is 22.0. The van der Waals surface area contributed by atoms with Crippen molar-refractivity contribution in [3.8, 4) is 11.8 Å². The molecule has 1 N–H and O–H groups in total. The molecule has 1 aliphatic heterocycles. The summed E-state index contributed by atoms with van der Waals surface area (Å²) in [6.45, 7) is 4.18. The lowest BCUT2D eigenvalue weighted by Gasteiger charge is -2.32. The highest BCUT2D eigenvalue weighted by atomic mass is 16.1. The van der Waals surface area contributed by atoms with Crippen molar-refractivity contribution in [2.24, 2.45) is 5.92 Å². The van der Waals surface area contributed by atoms with Crippen molar-refractivity contribution in [3.63, 3.8) is 0 Å². The fraction of sp³-hybridized carbons (Fsp3) is 0.500. The van der Waals surface area contributed by atoms with Crippen molar-refractivity contribution >= 4 is 11.9 Å². The maximum Gasteiger partial charge on any atom is 0.295 e. The van der Waals surface area contributed by atoms with Crippen molar-refractivity contribution in [2.75, 3.05) is 24.5 Å². The van der Waals surface area contributed by atoms with Gasteiger partial charge in [-0.3, -0.25) is 4.79 Å². The molecule has 1 aromatic heterocycles. The lowest BCUT2D eigenvalue weighted by molar-refractivity contribution is -0.115. The standard InChI is InChI=1S/C14H18N4O/c1-2-5-13(19)17-10-12-6-3-9-18(11-12)14-15-7-4-8-16-14/h4,7-8,12H,3,6,9-11H2,1H3,(H,17,19). The summed E-state index contributed by atoms with van der Waals surface area (Å²) in [5.41, 5.74) is 0. The molecule has 1 saturated heterocycles. The van der Waals surface area contributed by atoms with Gasteiger partial charge in [-0.15, -0.1) is 0 Å². The van der Waals surface area contributed by atoms with E-state index in [2.05, 4.69) is 32.0 Å². The zero-order valence-corrected chi connectivity index (χ0v) is 11.1. The van der Waals surface area contributed by atoms with Gasteiger partial charge in [0.15, 0.2) is 0 Å². The SMILES string of the molecule is CC#CC(=O)NCC1CCCN(c2ncccn2)C1. The fourth-order valence-electron chi connectivity index (χ4n) is 2.26. The van der Waals surface area contributed by atoms with E-state index in [1.54, 1.807) is 19.3 Å².